The predicted octanol–water partition coefficient (Wildman–Crippen LogP) is 3.80. The maximum absolute atomic E-state index is 12.9. The van der Waals surface area contributed by atoms with Gasteiger partial charge in [0.25, 0.3) is 5.69 Å². The van der Waals surface area contributed by atoms with E-state index in [1.54, 1.807) is 17.9 Å². The number of nitrogens with zero attached hydrogens (tertiary/aromatic N) is 3. The molecule has 0 amide bonds. The lowest BCUT2D eigenvalue weighted by molar-refractivity contribution is -0.384. The number of hydrogen-bond acceptors (Lipinski definition) is 5. The molecule has 10 heteroatoms. The first-order valence-corrected chi connectivity index (χ1v) is 10.4. The van der Waals surface area contributed by atoms with Crippen molar-refractivity contribution in [2.45, 2.75) is 17.9 Å². The third-order valence-electron chi connectivity index (χ3n) is 4.47. The molecule has 0 aromatic heterocycles. The van der Waals surface area contributed by atoms with E-state index in [2.05, 4.69) is 0 Å². The molecule has 1 aliphatic rings. The van der Waals surface area contributed by atoms with Gasteiger partial charge in [-0.05, 0) is 37.3 Å². The van der Waals surface area contributed by atoms with Crippen molar-refractivity contribution in [3.8, 4) is 0 Å². The minimum atomic E-state index is -3.69. The molecule has 0 unspecified atom stereocenters. The summed E-state index contributed by atoms with van der Waals surface area (Å²) in [6.07, 6.45) is 0. The lowest BCUT2D eigenvalue weighted by Gasteiger charge is -2.40. The van der Waals surface area contributed by atoms with E-state index in [1.807, 2.05) is 0 Å². The first-order chi connectivity index (χ1) is 12.7. The van der Waals surface area contributed by atoms with Crippen molar-refractivity contribution in [3.63, 3.8) is 0 Å². The van der Waals surface area contributed by atoms with E-state index >= 15 is 0 Å². The number of anilines is 1. The summed E-state index contributed by atoms with van der Waals surface area (Å²) in [7, 11) is -3.69. The lowest BCUT2D eigenvalue weighted by atomic mass is 10.2. The molecule has 2 aromatic carbocycles. The maximum atomic E-state index is 12.9. The fourth-order valence-electron chi connectivity index (χ4n) is 3.21. The van der Waals surface area contributed by atoms with Crippen molar-refractivity contribution in [1.82, 2.24) is 4.31 Å². The van der Waals surface area contributed by atoms with E-state index in [9.17, 15) is 18.5 Å². The molecule has 0 spiro atoms. The second kappa shape index (κ2) is 7.63. The number of para-hydroxylation sites is 1. The molecule has 0 saturated carbocycles. The largest absolute Gasteiger partial charge is 0.362 e. The highest BCUT2D eigenvalue weighted by Gasteiger charge is 2.36. The van der Waals surface area contributed by atoms with E-state index in [1.165, 1.54) is 40.7 Å². The van der Waals surface area contributed by atoms with Gasteiger partial charge in [0, 0.05) is 36.8 Å². The van der Waals surface area contributed by atoms with E-state index in [-0.39, 0.29) is 28.7 Å². The molecule has 1 aliphatic heterocycles. The highest BCUT2D eigenvalue weighted by molar-refractivity contribution is 7.89. The molecule has 1 saturated heterocycles. The van der Waals surface area contributed by atoms with Crippen LogP contribution in [0.4, 0.5) is 11.4 Å². The van der Waals surface area contributed by atoms with E-state index in [0.717, 1.165) is 0 Å². The topological polar surface area (TPSA) is 83.8 Å². The van der Waals surface area contributed by atoms with Crippen LogP contribution in [0.2, 0.25) is 10.0 Å². The van der Waals surface area contributed by atoms with E-state index in [0.29, 0.717) is 17.3 Å². The first-order valence-electron chi connectivity index (χ1n) is 8.17. The Balaban J connectivity index is 1.87. The fraction of sp³-hybridized carbons (Fsp3) is 0.294. The van der Waals surface area contributed by atoms with Gasteiger partial charge >= 0.3 is 0 Å². The number of halogens is 2. The van der Waals surface area contributed by atoms with Gasteiger partial charge in [0.05, 0.1) is 14.8 Å². The average molecular weight is 430 g/mol. The van der Waals surface area contributed by atoms with Gasteiger partial charge in [0.1, 0.15) is 5.69 Å². The minimum Gasteiger partial charge on any atom is -0.362 e. The van der Waals surface area contributed by atoms with Crippen molar-refractivity contribution in [3.05, 3.63) is 62.6 Å². The van der Waals surface area contributed by atoms with Crippen LogP contribution in [0, 0.1) is 10.1 Å². The summed E-state index contributed by atoms with van der Waals surface area (Å²) in [5.74, 6) is 0. The molecule has 27 heavy (non-hydrogen) atoms. The molecular formula is C17H17Cl2N3O4S. The summed E-state index contributed by atoms with van der Waals surface area (Å²) in [5, 5.41) is 12.1. The molecular weight excluding hydrogens is 413 g/mol. The second-order valence-electron chi connectivity index (χ2n) is 6.23. The third-order valence-corrected chi connectivity index (χ3v) is 7.05. The van der Waals surface area contributed by atoms with E-state index < -0.39 is 21.0 Å². The van der Waals surface area contributed by atoms with Crippen LogP contribution in [0.5, 0.6) is 0 Å². The Bertz CT molecular complexity index is 967. The first kappa shape index (κ1) is 19.9. The third kappa shape index (κ3) is 3.89. The van der Waals surface area contributed by atoms with Crippen LogP contribution in [0.1, 0.15) is 6.92 Å². The normalized spacial score (nSPS) is 18.5. The Kier molecular flexibility index (Phi) is 5.62. The molecule has 2 aromatic rings. The highest BCUT2D eigenvalue weighted by Crippen LogP contribution is 2.37. The summed E-state index contributed by atoms with van der Waals surface area (Å²) >= 11 is 12.0. The van der Waals surface area contributed by atoms with Gasteiger partial charge in [0.2, 0.25) is 10.0 Å². The van der Waals surface area contributed by atoms with Crippen LogP contribution >= 0.6 is 23.2 Å². The molecule has 1 atom stereocenters. The molecule has 0 radical (unpaired) electrons. The standard InChI is InChI=1S/C17H17Cl2N3O4S/c1-12-11-20(17-15(19)3-2-4-16(17)22(23)24)9-10-21(12)27(25,26)14-7-5-13(18)6-8-14/h2-8,12H,9-11H2,1H3/t12-/m1/s1. The van der Waals surface area contributed by atoms with Gasteiger partial charge in [-0.3, -0.25) is 10.1 Å². The van der Waals surface area contributed by atoms with Crippen LogP contribution in [0.15, 0.2) is 47.4 Å². The van der Waals surface area contributed by atoms with Gasteiger partial charge in [-0.15, -0.1) is 0 Å². The summed E-state index contributed by atoms with van der Waals surface area (Å²) in [5.41, 5.74) is 0.225. The van der Waals surface area contributed by atoms with Crippen molar-refractivity contribution in [2.24, 2.45) is 0 Å². The van der Waals surface area contributed by atoms with Crippen LogP contribution < -0.4 is 4.90 Å². The van der Waals surface area contributed by atoms with Gasteiger partial charge in [-0.2, -0.15) is 4.31 Å². The smallest absolute Gasteiger partial charge is 0.294 e. The molecule has 7 nitrogen and oxygen atoms in total. The van der Waals surface area contributed by atoms with Gasteiger partial charge in [-0.1, -0.05) is 29.3 Å². The quantitative estimate of drug-likeness (QED) is 0.544. The lowest BCUT2D eigenvalue weighted by Crippen LogP contribution is -2.54. The van der Waals surface area contributed by atoms with Crippen LogP contribution in [-0.2, 0) is 10.0 Å². The zero-order valence-electron chi connectivity index (χ0n) is 14.4. The second-order valence-corrected chi connectivity index (χ2v) is 8.96. The maximum Gasteiger partial charge on any atom is 0.294 e. The number of hydrogen-bond donors (Lipinski definition) is 0. The number of piperazine rings is 1. The van der Waals surface area contributed by atoms with Crippen molar-refractivity contribution in [2.75, 3.05) is 24.5 Å². The Morgan fingerprint density at radius 2 is 1.78 bits per heavy atom. The summed E-state index contributed by atoms with van der Waals surface area (Å²) in [6, 6.07) is 10.1. The Morgan fingerprint density at radius 3 is 2.37 bits per heavy atom. The number of rotatable bonds is 4. The predicted molar refractivity (Wildman–Crippen MR) is 105 cm³/mol. The van der Waals surface area contributed by atoms with Gasteiger partial charge in [0.15, 0.2) is 0 Å². The molecule has 1 heterocycles. The molecule has 0 N–H and O–H groups in total. The molecule has 0 bridgehead atoms. The van der Waals surface area contributed by atoms with Gasteiger partial charge in [-0.25, -0.2) is 8.42 Å². The Labute approximate surface area is 167 Å². The number of nitro benzene ring substituents is 1. The summed E-state index contributed by atoms with van der Waals surface area (Å²) in [4.78, 5) is 12.8. The fourth-order valence-corrected chi connectivity index (χ4v) is 5.24. The minimum absolute atomic E-state index is 0.0938. The molecule has 144 valence electrons. The van der Waals surface area contributed by atoms with Crippen LogP contribution in [0.3, 0.4) is 0 Å². The molecule has 1 fully saturated rings. The average Bonchev–Trinajstić information content (AvgIpc) is 2.61. The van der Waals surface area contributed by atoms with Crippen LogP contribution in [-0.4, -0.2) is 43.3 Å². The van der Waals surface area contributed by atoms with Crippen molar-refractivity contribution >= 4 is 44.6 Å². The number of nitro groups is 1. The SMILES string of the molecule is C[C@@H]1CN(c2c(Cl)cccc2[N+](=O)[O-])CCN1S(=O)(=O)c1ccc(Cl)cc1. The molecule has 0 aliphatic carbocycles. The highest BCUT2D eigenvalue weighted by atomic mass is 35.5. The van der Waals surface area contributed by atoms with Crippen molar-refractivity contribution in [1.29, 1.82) is 0 Å². The van der Waals surface area contributed by atoms with Crippen molar-refractivity contribution < 1.29 is 13.3 Å². The molecule has 3 rings (SSSR count). The van der Waals surface area contributed by atoms with Gasteiger partial charge < -0.3 is 4.90 Å². The zero-order chi connectivity index (χ0) is 19.8. The zero-order valence-corrected chi connectivity index (χ0v) is 16.7. The summed E-state index contributed by atoms with van der Waals surface area (Å²) < 4.78 is 27.2. The van der Waals surface area contributed by atoms with Crippen LogP contribution in [0.25, 0.3) is 0 Å². The number of sulfonamides is 1. The van der Waals surface area contributed by atoms with E-state index in [4.69, 9.17) is 23.2 Å². The Morgan fingerprint density at radius 1 is 1.11 bits per heavy atom. The number of benzene rings is 2. The Hall–Kier alpha value is -1.87. The monoisotopic (exact) mass is 429 g/mol. The summed E-state index contributed by atoms with van der Waals surface area (Å²) in [6.45, 7) is 2.54.